The van der Waals surface area contributed by atoms with Crippen LogP contribution in [-0.4, -0.2) is 17.7 Å². The van der Waals surface area contributed by atoms with Gasteiger partial charge in [0.1, 0.15) is 0 Å². The Morgan fingerprint density at radius 2 is 1.50 bits per heavy atom. The topological polar surface area (TPSA) is 46.2 Å². The third-order valence-corrected chi connectivity index (χ3v) is 2.27. The van der Waals surface area contributed by atoms with Crippen molar-refractivity contribution in [1.82, 2.24) is 5.32 Å². The molecule has 0 rings (SSSR count). The molecule has 0 aromatic carbocycles. The van der Waals surface area contributed by atoms with E-state index in [2.05, 4.69) is 5.32 Å². The van der Waals surface area contributed by atoms with Crippen molar-refractivity contribution < 1.29 is 9.59 Å². The summed E-state index contributed by atoms with van der Waals surface area (Å²) in [4.78, 5) is 23.2. The average molecular weight is 227 g/mol. The molecule has 0 aromatic heterocycles. The maximum absolute atomic E-state index is 11.8. The summed E-state index contributed by atoms with van der Waals surface area (Å²) < 4.78 is 0. The first-order valence-corrected chi connectivity index (χ1v) is 5.73. The quantitative estimate of drug-likeness (QED) is 0.805. The van der Waals surface area contributed by atoms with E-state index in [1.54, 1.807) is 0 Å². The van der Waals surface area contributed by atoms with Crippen LogP contribution in [0.25, 0.3) is 0 Å². The summed E-state index contributed by atoms with van der Waals surface area (Å²) in [5.74, 6) is -0.0441. The van der Waals surface area contributed by atoms with Crippen LogP contribution in [0, 0.1) is 10.8 Å². The molecule has 1 atom stereocenters. The zero-order valence-electron chi connectivity index (χ0n) is 11.6. The molecule has 0 bridgehead atoms. The summed E-state index contributed by atoms with van der Waals surface area (Å²) in [5.41, 5.74) is -0.289. The van der Waals surface area contributed by atoms with Crippen LogP contribution < -0.4 is 5.32 Å². The van der Waals surface area contributed by atoms with Crippen LogP contribution in [0.4, 0.5) is 0 Å². The molecule has 16 heavy (non-hydrogen) atoms. The van der Waals surface area contributed by atoms with Crippen molar-refractivity contribution in [2.45, 2.75) is 60.9 Å². The van der Waals surface area contributed by atoms with E-state index in [1.807, 2.05) is 41.5 Å². The van der Waals surface area contributed by atoms with Crippen molar-refractivity contribution >= 4 is 11.7 Å². The lowest BCUT2D eigenvalue weighted by Crippen LogP contribution is -2.48. The molecule has 1 unspecified atom stereocenters. The van der Waals surface area contributed by atoms with E-state index in [1.165, 1.54) is 6.92 Å². The Labute approximate surface area is 99.0 Å². The molecular weight excluding hydrogens is 202 g/mol. The molecule has 0 saturated carbocycles. The Bertz CT molecular complexity index is 269. The Morgan fingerprint density at radius 3 is 1.75 bits per heavy atom. The molecule has 3 heteroatoms. The third-order valence-electron chi connectivity index (χ3n) is 2.27. The van der Waals surface area contributed by atoms with E-state index in [4.69, 9.17) is 0 Å². The van der Waals surface area contributed by atoms with E-state index in [9.17, 15) is 9.59 Å². The first-order valence-electron chi connectivity index (χ1n) is 5.73. The lowest BCUT2D eigenvalue weighted by atomic mass is 9.84. The number of hydrogen-bond acceptors (Lipinski definition) is 2. The highest BCUT2D eigenvalue weighted by Gasteiger charge is 2.30. The molecule has 0 aliphatic carbocycles. The van der Waals surface area contributed by atoms with Crippen molar-refractivity contribution in [3.05, 3.63) is 0 Å². The summed E-state index contributed by atoms with van der Waals surface area (Å²) in [5, 5.41) is 2.82. The number of ketones is 1. The second kappa shape index (κ2) is 4.98. The molecule has 1 amide bonds. The number of nitrogens with one attached hydrogen (secondary N) is 1. The summed E-state index contributed by atoms with van der Waals surface area (Å²) in [7, 11) is 0. The van der Waals surface area contributed by atoms with Gasteiger partial charge >= 0.3 is 0 Å². The minimum atomic E-state index is -0.401. The van der Waals surface area contributed by atoms with Crippen LogP contribution in [0.2, 0.25) is 0 Å². The minimum Gasteiger partial charge on any atom is -0.346 e. The molecular formula is C13H25NO2. The van der Waals surface area contributed by atoms with E-state index < -0.39 is 6.04 Å². The highest BCUT2D eigenvalue weighted by atomic mass is 16.2. The van der Waals surface area contributed by atoms with Gasteiger partial charge in [0, 0.05) is 6.42 Å². The van der Waals surface area contributed by atoms with Crippen molar-refractivity contribution in [2.75, 3.05) is 0 Å². The smallest absolute Gasteiger partial charge is 0.221 e. The fourth-order valence-corrected chi connectivity index (χ4v) is 1.62. The molecule has 0 aromatic rings. The normalized spacial score (nSPS) is 14.4. The molecule has 94 valence electrons. The third kappa shape index (κ3) is 5.89. The van der Waals surface area contributed by atoms with Crippen LogP contribution in [0.1, 0.15) is 54.9 Å². The van der Waals surface area contributed by atoms with Gasteiger partial charge in [-0.05, 0) is 17.8 Å². The molecule has 3 nitrogen and oxygen atoms in total. The summed E-state index contributed by atoms with van der Waals surface area (Å²) in [6.07, 6.45) is 0.437. The zero-order chi connectivity index (χ0) is 13.1. The van der Waals surface area contributed by atoms with Crippen LogP contribution in [-0.2, 0) is 9.59 Å². The Hall–Kier alpha value is -0.860. The van der Waals surface area contributed by atoms with Gasteiger partial charge in [0.2, 0.25) is 5.91 Å². The maximum atomic E-state index is 11.8. The van der Waals surface area contributed by atoms with Crippen LogP contribution in [0.15, 0.2) is 0 Å². The molecule has 0 fully saturated rings. The summed E-state index contributed by atoms with van der Waals surface area (Å²) in [6, 6.07) is -0.401. The van der Waals surface area contributed by atoms with Crippen molar-refractivity contribution in [3.63, 3.8) is 0 Å². The largest absolute Gasteiger partial charge is 0.346 e. The highest BCUT2D eigenvalue weighted by Crippen LogP contribution is 2.22. The average Bonchev–Trinajstić information content (AvgIpc) is 1.93. The Morgan fingerprint density at radius 1 is 1.06 bits per heavy atom. The summed E-state index contributed by atoms with van der Waals surface area (Å²) >= 11 is 0. The van der Waals surface area contributed by atoms with Gasteiger partial charge in [-0.3, -0.25) is 9.59 Å². The maximum Gasteiger partial charge on any atom is 0.221 e. The second-order valence-corrected chi connectivity index (χ2v) is 6.71. The number of carbonyl (C=O) groups is 2. The van der Waals surface area contributed by atoms with Gasteiger partial charge in [-0.25, -0.2) is 0 Å². The second-order valence-electron chi connectivity index (χ2n) is 6.71. The predicted molar refractivity (Wildman–Crippen MR) is 66.1 cm³/mol. The number of carbonyl (C=O) groups excluding carboxylic acids is 2. The van der Waals surface area contributed by atoms with Crippen LogP contribution in [0.3, 0.4) is 0 Å². The highest BCUT2D eigenvalue weighted by molar-refractivity contribution is 5.88. The van der Waals surface area contributed by atoms with E-state index in [0.29, 0.717) is 6.42 Å². The summed E-state index contributed by atoms with van der Waals surface area (Å²) in [6.45, 7) is 13.4. The molecule has 0 aliphatic rings. The fraction of sp³-hybridized carbons (Fsp3) is 0.846. The van der Waals surface area contributed by atoms with E-state index in [0.717, 1.165) is 0 Å². The number of Topliss-reactive ketones (excluding diaryl/α,β-unsaturated/α-hetero) is 1. The molecule has 0 heterocycles. The van der Waals surface area contributed by atoms with Gasteiger partial charge in [-0.2, -0.15) is 0 Å². The van der Waals surface area contributed by atoms with Gasteiger partial charge in [-0.1, -0.05) is 41.5 Å². The van der Waals surface area contributed by atoms with Gasteiger partial charge in [0.25, 0.3) is 0 Å². The molecule has 0 saturated heterocycles. The number of rotatable bonds is 3. The standard InChI is InChI=1S/C13H25NO2/c1-9(15)11(13(5,6)7)14-10(16)8-12(2,3)4/h11H,8H2,1-7H3,(H,14,16). The molecule has 0 radical (unpaired) electrons. The minimum absolute atomic E-state index is 0.00904. The van der Waals surface area contributed by atoms with E-state index >= 15 is 0 Å². The van der Waals surface area contributed by atoms with Gasteiger partial charge in [0.05, 0.1) is 6.04 Å². The Balaban J connectivity index is 4.56. The zero-order valence-corrected chi connectivity index (χ0v) is 11.6. The van der Waals surface area contributed by atoms with Crippen LogP contribution in [0.5, 0.6) is 0 Å². The van der Waals surface area contributed by atoms with Gasteiger partial charge < -0.3 is 5.32 Å². The number of hydrogen-bond donors (Lipinski definition) is 1. The van der Waals surface area contributed by atoms with Gasteiger partial charge in [0.15, 0.2) is 5.78 Å². The van der Waals surface area contributed by atoms with Crippen molar-refractivity contribution in [1.29, 1.82) is 0 Å². The fourth-order valence-electron chi connectivity index (χ4n) is 1.62. The van der Waals surface area contributed by atoms with E-state index in [-0.39, 0.29) is 22.5 Å². The molecule has 0 aliphatic heterocycles. The Kier molecular flexibility index (Phi) is 4.71. The molecule has 0 spiro atoms. The molecule has 1 N–H and O–H groups in total. The lowest BCUT2D eigenvalue weighted by Gasteiger charge is -2.30. The first-order chi connectivity index (χ1) is 6.93. The van der Waals surface area contributed by atoms with Gasteiger partial charge in [-0.15, -0.1) is 0 Å². The SMILES string of the molecule is CC(=O)C(NC(=O)CC(C)(C)C)C(C)(C)C. The monoisotopic (exact) mass is 227 g/mol. The lowest BCUT2D eigenvalue weighted by molar-refractivity contribution is -0.130. The first kappa shape index (κ1) is 15.1. The predicted octanol–water partition coefficient (Wildman–Crippen LogP) is 2.54. The van der Waals surface area contributed by atoms with Crippen LogP contribution >= 0.6 is 0 Å². The van der Waals surface area contributed by atoms with Crippen molar-refractivity contribution in [3.8, 4) is 0 Å². The number of amides is 1. The van der Waals surface area contributed by atoms with Crippen molar-refractivity contribution in [2.24, 2.45) is 10.8 Å².